The lowest BCUT2D eigenvalue weighted by atomic mass is 9.97. The second kappa shape index (κ2) is 7.82. The van der Waals surface area contributed by atoms with E-state index in [4.69, 9.17) is 4.74 Å². The largest absolute Gasteiger partial charge is 0.370 e. The third-order valence-electron chi connectivity index (χ3n) is 5.13. The van der Waals surface area contributed by atoms with Gasteiger partial charge in [-0.3, -0.25) is 14.7 Å². The van der Waals surface area contributed by atoms with Crippen molar-refractivity contribution in [3.63, 3.8) is 0 Å². The van der Waals surface area contributed by atoms with Crippen LogP contribution >= 0.6 is 0 Å². The minimum absolute atomic E-state index is 0.0449. The van der Waals surface area contributed by atoms with Gasteiger partial charge in [-0.05, 0) is 47.5 Å². The van der Waals surface area contributed by atoms with Crippen LogP contribution in [-0.2, 0) is 22.5 Å². The first-order valence-electron chi connectivity index (χ1n) is 9.30. The number of ether oxygens (including phenoxy) is 1. The molecule has 0 bridgehead atoms. The van der Waals surface area contributed by atoms with Crippen LogP contribution < -0.4 is 9.80 Å². The minimum Gasteiger partial charge on any atom is -0.370 e. The van der Waals surface area contributed by atoms with Crippen molar-refractivity contribution in [1.82, 2.24) is 4.98 Å². The van der Waals surface area contributed by atoms with Crippen LogP contribution in [0.2, 0.25) is 0 Å². The number of carbonyl (C=O) groups is 1. The summed E-state index contributed by atoms with van der Waals surface area (Å²) in [5.41, 5.74) is 5.20. The fourth-order valence-electron chi connectivity index (χ4n) is 3.69. The molecule has 0 N–H and O–H groups in total. The standard InChI is InChI=1S/C23H23N3O2/c1-25(16-17-11-13-24-14-12-17)19-7-9-20(10-8-19)26-22(27)15-18-5-3-4-6-21(18)23(26)28-2/h3-14,23H,15-16H2,1-2H3. The molecule has 142 valence electrons. The van der Waals surface area contributed by atoms with E-state index in [0.717, 1.165) is 29.0 Å². The predicted molar refractivity (Wildman–Crippen MR) is 110 cm³/mol. The Morgan fingerprint density at radius 1 is 1.07 bits per heavy atom. The zero-order valence-corrected chi connectivity index (χ0v) is 16.1. The normalized spacial score (nSPS) is 16.0. The average molecular weight is 373 g/mol. The molecule has 2 heterocycles. The van der Waals surface area contributed by atoms with E-state index in [-0.39, 0.29) is 5.91 Å². The summed E-state index contributed by atoms with van der Waals surface area (Å²) in [6, 6.07) is 20.0. The van der Waals surface area contributed by atoms with Crippen LogP contribution in [0.4, 0.5) is 11.4 Å². The first kappa shape index (κ1) is 18.2. The van der Waals surface area contributed by atoms with Gasteiger partial charge < -0.3 is 9.64 Å². The van der Waals surface area contributed by atoms with E-state index in [0.29, 0.717) is 6.42 Å². The van der Waals surface area contributed by atoms with Crippen LogP contribution in [0.3, 0.4) is 0 Å². The summed E-state index contributed by atoms with van der Waals surface area (Å²) in [4.78, 5) is 20.8. The molecule has 28 heavy (non-hydrogen) atoms. The number of hydrogen-bond donors (Lipinski definition) is 0. The molecule has 0 saturated carbocycles. The number of methoxy groups -OCH3 is 1. The fourth-order valence-corrected chi connectivity index (χ4v) is 3.69. The van der Waals surface area contributed by atoms with E-state index >= 15 is 0 Å². The molecular formula is C23H23N3O2. The van der Waals surface area contributed by atoms with Gasteiger partial charge in [0.15, 0.2) is 6.23 Å². The maximum absolute atomic E-state index is 12.8. The Bertz CT molecular complexity index is 957. The highest BCUT2D eigenvalue weighted by molar-refractivity contribution is 5.97. The molecule has 5 nitrogen and oxygen atoms in total. The Kier molecular flexibility index (Phi) is 5.08. The van der Waals surface area contributed by atoms with Crippen molar-refractivity contribution in [3.05, 3.63) is 89.7 Å². The van der Waals surface area contributed by atoms with Gasteiger partial charge in [0.05, 0.1) is 6.42 Å². The third kappa shape index (κ3) is 3.49. The van der Waals surface area contributed by atoms with Crippen molar-refractivity contribution in [1.29, 1.82) is 0 Å². The lowest BCUT2D eigenvalue weighted by Gasteiger charge is -2.36. The highest BCUT2D eigenvalue weighted by Crippen LogP contribution is 2.35. The van der Waals surface area contributed by atoms with Crippen molar-refractivity contribution in [2.24, 2.45) is 0 Å². The van der Waals surface area contributed by atoms with Gasteiger partial charge in [-0.25, -0.2) is 0 Å². The molecule has 0 radical (unpaired) electrons. The van der Waals surface area contributed by atoms with Gasteiger partial charge >= 0.3 is 0 Å². The lowest BCUT2D eigenvalue weighted by Crippen LogP contribution is -2.41. The first-order chi connectivity index (χ1) is 13.7. The smallest absolute Gasteiger partial charge is 0.233 e. The van der Waals surface area contributed by atoms with Gasteiger partial charge in [0.25, 0.3) is 0 Å². The van der Waals surface area contributed by atoms with Crippen LogP contribution in [0.1, 0.15) is 22.9 Å². The monoisotopic (exact) mass is 373 g/mol. The molecule has 1 unspecified atom stereocenters. The van der Waals surface area contributed by atoms with Gasteiger partial charge in [0.2, 0.25) is 5.91 Å². The Morgan fingerprint density at radius 3 is 2.50 bits per heavy atom. The summed E-state index contributed by atoms with van der Waals surface area (Å²) in [6.45, 7) is 0.790. The second-order valence-electron chi connectivity index (χ2n) is 6.96. The number of nitrogens with zero attached hydrogens (tertiary/aromatic N) is 3. The molecule has 0 spiro atoms. The van der Waals surface area contributed by atoms with Crippen LogP contribution in [0, 0.1) is 0 Å². The molecular weight excluding hydrogens is 350 g/mol. The van der Waals surface area contributed by atoms with Gasteiger partial charge in [-0.1, -0.05) is 24.3 Å². The quantitative estimate of drug-likeness (QED) is 0.679. The van der Waals surface area contributed by atoms with Crippen molar-refractivity contribution in [3.8, 4) is 0 Å². The highest BCUT2D eigenvalue weighted by Gasteiger charge is 2.33. The zero-order valence-electron chi connectivity index (χ0n) is 16.1. The summed E-state index contributed by atoms with van der Waals surface area (Å²) in [5, 5.41) is 0. The Balaban J connectivity index is 1.57. The summed E-state index contributed by atoms with van der Waals surface area (Å²) in [7, 11) is 3.69. The number of hydrogen-bond acceptors (Lipinski definition) is 4. The summed E-state index contributed by atoms with van der Waals surface area (Å²) in [5.74, 6) is 0.0449. The molecule has 1 atom stereocenters. The number of carbonyl (C=O) groups excluding carboxylic acids is 1. The highest BCUT2D eigenvalue weighted by atomic mass is 16.5. The number of fused-ring (bicyclic) bond motifs is 1. The maximum atomic E-state index is 12.8. The van der Waals surface area contributed by atoms with E-state index in [1.165, 1.54) is 5.56 Å². The minimum atomic E-state index is -0.405. The van der Waals surface area contributed by atoms with Crippen molar-refractivity contribution >= 4 is 17.3 Å². The Labute approximate surface area is 165 Å². The van der Waals surface area contributed by atoms with Crippen LogP contribution in [0.25, 0.3) is 0 Å². The molecule has 0 fully saturated rings. The first-order valence-corrected chi connectivity index (χ1v) is 9.30. The predicted octanol–water partition coefficient (Wildman–Crippen LogP) is 3.95. The number of pyridine rings is 1. The Hall–Kier alpha value is -3.18. The molecule has 1 aromatic heterocycles. The molecule has 5 heteroatoms. The molecule has 0 saturated heterocycles. The SMILES string of the molecule is COC1c2ccccc2CC(=O)N1c1ccc(N(C)Cc2ccncc2)cc1. The van der Waals surface area contributed by atoms with Crippen LogP contribution in [-0.4, -0.2) is 25.0 Å². The van der Waals surface area contributed by atoms with Gasteiger partial charge in [-0.2, -0.15) is 0 Å². The summed E-state index contributed by atoms with van der Waals surface area (Å²) in [6.07, 6.45) is 3.59. The molecule has 1 aliphatic rings. The van der Waals surface area contributed by atoms with E-state index < -0.39 is 6.23 Å². The van der Waals surface area contributed by atoms with Gasteiger partial charge in [-0.15, -0.1) is 0 Å². The molecule has 1 aliphatic heterocycles. The number of benzene rings is 2. The van der Waals surface area contributed by atoms with Crippen LogP contribution in [0.15, 0.2) is 73.1 Å². The van der Waals surface area contributed by atoms with E-state index in [1.807, 2.05) is 60.7 Å². The zero-order chi connectivity index (χ0) is 19.5. The maximum Gasteiger partial charge on any atom is 0.233 e. The molecule has 2 aromatic carbocycles. The third-order valence-corrected chi connectivity index (χ3v) is 5.13. The number of anilines is 2. The molecule has 4 rings (SSSR count). The second-order valence-corrected chi connectivity index (χ2v) is 6.96. The van der Waals surface area contributed by atoms with Crippen LogP contribution in [0.5, 0.6) is 0 Å². The molecule has 3 aromatic rings. The van der Waals surface area contributed by atoms with Crippen molar-refractivity contribution in [2.75, 3.05) is 24.0 Å². The van der Waals surface area contributed by atoms with Gasteiger partial charge in [0, 0.05) is 50.0 Å². The fraction of sp³-hybridized carbons (Fsp3) is 0.217. The summed E-state index contributed by atoms with van der Waals surface area (Å²) >= 11 is 0. The lowest BCUT2D eigenvalue weighted by molar-refractivity contribution is -0.121. The summed E-state index contributed by atoms with van der Waals surface area (Å²) < 4.78 is 5.70. The topological polar surface area (TPSA) is 45.7 Å². The van der Waals surface area contributed by atoms with E-state index in [2.05, 4.69) is 16.9 Å². The van der Waals surface area contributed by atoms with Crippen molar-refractivity contribution in [2.45, 2.75) is 19.2 Å². The molecule has 1 amide bonds. The average Bonchev–Trinajstić information content (AvgIpc) is 2.73. The number of amides is 1. The van der Waals surface area contributed by atoms with E-state index in [9.17, 15) is 4.79 Å². The number of rotatable bonds is 5. The Morgan fingerprint density at radius 2 is 1.79 bits per heavy atom. The number of aromatic nitrogens is 1. The van der Waals surface area contributed by atoms with Gasteiger partial charge in [0.1, 0.15) is 0 Å². The van der Waals surface area contributed by atoms with Crippen molar-refractivity contribution < 1.29 is 9.53 Å². The van der Waals surface area contributed by atoms with E-state index in [1.54, 1.807) is 24.4 Å². The molecule has 0 aliphatic carbocycles.